The van der Waals surface area contributed by atoms with Crippen molar-refractivity contribution in [3.8, 4) is 5.75 Å². The Morgan fingerprint density at radius 3 is 2.54 bits per heavy atom. The van der Waals surface area contributed by atoms with Crippen LogP contribution in [-0.2, 0) is 6.61 Å². The molecule has 0 spiro atoms. The van der Waals surface area contributed by atoms with Crippen molar-refractivity contribution in [2.24, 2.45) is 0 Å². The first-order chi connectivity index (χ1) is 11.6. The molecule has 6 nitrogen and oxygen atoms in total. The number of nitrogens with one attached hydrogen (secondary N) is 1. The van der Waals surface area contributed by atoms with Crippen molar-refractivity contribution in [2.75, 3.05) is 11.1 Å². The minimum Gasteiger partial charge on any atom is -0.483 e. The molecule has 0 saturated carbocycles. The molecule has 2 aromatic carbocycles. The molecule has 122 valence electrons. The Balaban J connectivity index is 1.74. The highest BCUT2D eigenvalue weighted by molar-refractivity contribution is 5.53. The summed E-state index contributed by atoms with van der Waals surface area (Å²) in [6.07, 6.45) is 0. The van der Waals surface area contributed by atoms with Crippen LogP contribution in [-0.4, -0.2) is 15.0 Å². The molecule has 3 N–H and O–H groups in total. The maximum absolute atomic E-state index is 13.5. The maximum atomic E-state index is 13.5. The summed E-state index contributed by atoms with van der Waals surface area (Å²) >= 11 is 0. The van der Waals surface area contributed by atoms with Crippen LogP contribution in [0.25, 0.3) is 0 Å². The standard InChI is InChI=1S/C16H13F2N5O/c17-10-6-7-13(12(18)8-10)24-9-14-21-15(19)23-16(22-14)20-11-4-2-1-3-5-11/h1-8H,9H2,(H3,19,20,21,22,23). The van der Waals surface area contributed by atoms with Gasteiger partial charge in [0.2, 0.25) is 11.9 Å². The number of anilines is 3. The fourth-order valence-corrected chi connectivity index (χ4v) is 1.94. The van der Waals surface area contributed by atoms with Gasteiger partial charge in [-0.25, -0.2) is 8.78 Å². The van der Waals surface area contributed by atoms with E-state index in [0.717, 1.165) is 17.8 Å². The molecular weight excluding hydrogens is 316 g/mol. The van der Waals surface area contributed by atoms with E-state index >= 15 is 0 Å². The molecule has 0 saturated heterocycles. The van der Waals surface area contributed by atoms with Gasteiger partial charge in [-0.2, -0.15) is 15.0 Å². The molecule has 1 aromatic heterocycles. The van der Waals surface area contributed by atoms with E-state index in [-0.39, 0.29) is 30.1 Å². The number of hydrogen-bond donors (Lipinski definition) is 2. The summed E-state index contributed by atoms with van der Waals surface area (Å²) in [4.78, 5) is 12.1. The van der Waals surface area contributed by atoms with Crippen LogP contribution in [0.15, 0.2) is 48.5 Å². The SMILES string of the molecule is Nc1nc(COc2ccc(F)cc2F)nc(Nc2ccccc2)n1. The van der Waals surface area contributed by atoms with Crippen LogP contribution in [0.3, 0.4) is 0 Å². The third-order valence-corrected chi connectivity index (χ3v) is 2.98. The number of nitrogens with two attached hydrogens (primary N) is 1. The normalized spacial score (nSPS) is 10.4. The summed E-state index contributed by atoms with van der Waals surface area (Å²) in [7, 11) is 0. The van der Waals surface area contributed by atoms with E-state index in [1.54, 1.807) is 0 Å². The highest BCUT2D eigenvalue weighted by Crippen LogP contribution is 2.19. The van der Waals surface area contributed by atoms with Gasteiger partial charge >= 0.3 is 0 Å². The number of hydrogen-bond acceptors (Lipinski definition) is 6. The van der Waals surface area contributed by atoms with Crippen LogP contribution in [0.5, 0.6) is 5.75 Å². The Kier molecular flexibility index (Phi) is 4.46. The van der Waals surface area contributed by atoms with Gasteiger partial charge in [0.1, 0.15) is 12.4 Å². The summed E-state index contributed by atoms with van der Waals surface area (Å²) < 4.78 is 31.7. The summed E-state index contributed by atoms with van der Waals surface area (Å²) in [5, 5.41) is 2.98. The zero-order chi connectivity index (χ0) is 16.9. The Hall–Kier alpha value is -3.29. The van der Waals surface area contributed by atoms with Crippen LogP contribution in [0.2, 0.25) is 0 Å². The van der Waals surface area contributed by atoms with Crippen molar-refractivity contribution in [3.05, 3.63) is 66.0 Å². The average Bonchev–Trinajstić information content (AvgIpc) is 2.54. The van der Waals surface area contributed by atoms with Crippen molar-refractivity contribution in [2.45, 2.75) is 6.61 Å². The molecule has 0 atom stereocenters. The zero-order valence-corrected chi connectivity index (χ0v) is 12.4. The highest BCUT2D eigenvalue weighted by Gasteiger charge is 2.09. The number of benzene rings is 2. The number of aromatic nitrogens is 3. The average molecular weight is 329 g/mol. The van der Waals surface area contributed by atoms with Crippen molar-refractivity contribution in [3.63, 3.8) is 0 Å². The van der Waals surface area contributed by atoms with Gasteiger partial charge in [0, 0.05) is 11.8 Å². The summed E-state index contributed by atoms with van der Waals surface area (Å²) in [6.45, 7) is -0.140. The second-order valence-electron chi connectivity index (χ2n) is 4.79. The molecule has 1 heterocycles. The van der Waals surface area contributed by atoms with Crippen molar-refractivity contribution in [1.29, 1.82) is 0 Å². The summed E-state index contributed by atoms with van der Waals surface area (Å²) in [5.74, 6) is -1.13. The molecule has 0 radical (unpaired) electrons. The van der Waals surface area contributed by atoms with Gasteiger partial charge in [-0.05, 0) is 24.3 Å². The van der Waals surface area contributed by atoms with Crippen LogP contribution >= 0.6 is 0 Å². The Morgan fingerprint density at radius 2 is 1.79 bits per heavy atom. The van der Waals surface area contributed by atoms with Crippen molar-refractivity contribution >= 4 is 17.6 Å². The van der Waals surface area contributed by atoms with Gasteiger partial charge in [-0.1, -0.05) is 18.2 Å². The fraction of sp³-hybridized carbons (Fsp3) is 0.0625. The molecule has 3 rings (SSSR count). The van der Waals surface area contributed by atoms with Gasteiger partial charge < -0.3 is 15.8 Å². The van der Waals surface area contributed by atoms with E-state index < -0.39 is 11.6 Å². The van der Waals surface area contributed by atoms with Crippen LogP contribution in [0.1, 0.15) is 5.82 Å². The van der Waals surface area contributed by atoms with E-state index in [1.165, 1.54) is 6.07 Å². The molecule has 0 fully saturated rings. The summed E-state index contributed by atoms with van der Waals surface area (Å²) in [5.41, 5.74) is 6.43. The number of nitrogens with zero attached hydrogens (tertiary/aromatic N) is 3. The number of halogens is 2. The summed E-state index contributed by atoms with van der Waals surface area (Å²) in [6, 6.07) is 12.3. The first kappa shape index (κ1) is 15.6. The zero-order valence-electron chi connectivity index (χ0n) is 12.4. The van der Waals surface area contributed by atoms with E-state index in [9.17, 15) is 8.78 Å². The van der Waals surface area contributed by atoms with Crippen LogP contribution < -0.4 is 15.8 Å². The second-order valence-corrected chi connectivity index (χ2v) is 4.79. The molecule has 24 heavy (non-hydrogen) atoms. The van der Waals surface area contributed by atoms with Gasteiger partial charge in [-0.15, -0.1) is 0 Å². The molecule has 0 aliphatic rings. The second kappa shape index (κ2) is 6.86. The third kappa shape index (κ3) is 3.92. The third-order valence-electron chi connectivity index (χ3n) is 2.98. The van der Waals surface area contributed by atoms with Crippen LogP contribution in [0, 0.1) is 11.6 Å². The number of nitrogen functional groups attached to an aromatic ring is 1. The lowest BCUT2D eigenvalue weighted by atomic mass is 10.3. The molecule has 8 heteroatoms. The number of para-hydroxylation sites is 1. The van der Waals surface area contributed by atoms with E-state index in [4.69, 9.17) is 10.5 Å². The first-order valence-corrected chi connectivity index (χ1v) is 7.00. The van der Waals surface area contributed by atoms with Gasteiger partial charge in [0.25, 0.3) is 0 Å². The van der Waals surface area contributed by atoms with E-state index in [1.807, 2.05) is 30.3 Å². The smallest absolute Gasteiger partial charge is 0.232 e. The number of rotatable bonds is 5. The quantitative estimate of drug-likeness (QED) is 0.748. The van der Waals surface area contributed by atoms with Gasteiger partial charge in [0.15, 0.2) is 17.4 Å². The minimum absolute atomic E-state index is 0.00149. The molecule has 0 unspecified atom stereocenters. The van der Waals surface area contributed by atoms with E-state index in [0.29, 0.717) is 0 Å². The number of ether oxygens (including phenoxy) is 1. The Bertz CT molecular complexity index is 845. The maximum Gasteiger partial charge on any atom is 0.232 e. The largest absolute Gasteiger partial charge is 0.483 e. The van der Waals surface area contributed by atoms with Crippen molar-refractivity contribution < 1.29 is 13.5 Å². The Morgan fingerprint density at radius 1 is 1.00 bits per heavy atom. The molecule has 0 aliphatic heterocycles. The predicted molar refractivity (Wildman–Crippen MR) is 84.7 cm³/mol. The Labute approximate surface area is 136 Å². The molecule has 3 aromatic rings. The lowest BCUT2D eigenvalue weighted by molar-refractivity contribution is 0.280. The van der Waals surface area contributed by atoms with Crippen molar-refractivity contribution in [1.82, 2.24) is 15.0 Å². The lowest BCUT2D eigenvalue weighted by Gasteiger charge is -2.09. The first-order valence-electron chi connectivity index (χ1n) is 7.00. The predicted octanol–water partition coefficient (Wildman–Crippen LogP) is 3.05. The van der Waals surface area contributed by atoms with Gasteiger partial charge in [0.05, 0.1) is 0 Å². The lowest BCUT2D eigenvalue weighted by Crippen LogP contribution is -2.09. The molecule has 0 aliphatic carbocycles. The minimum atomic E-state index is -0.806. The molecule has 0 bridgehead atoms. The van der Waals surface area contributed by atoms with Crippen LogP contribution in [0.4, 0.5) is 26.4 Å². The highest BCUT2D eigenvalue weighted by atomic mass is 19.1. The van der Waals surface area contributed by atoms with Gasteiger partial charge in [-0.3, -0.25) is 0 Å². The monoisotopic (exact) mass is 329 g/mol. The topological polar surface area (TPSA) is 86.0 Å². The molecular formula is C16H13F2N5O. The molecule has 0 amide bonds. The fourth-order valence-electron chi connectivity index (χ4n) is 1.94. The van der Waals surface area contributed by atoms with E-state index in [2.05, 4.69) is 20.3 Å².